The summed E-state index contributed by atoms with van der Waals surface area (Å²) in [5.41, 5.74) is 0.817. The molecule has 1 heterocycles. The van der Waals surface area contributed by atoms with E-state index >= 15 is 0 Å². The molecule has 1 aliphatic heterocycles. The van der Waals surface area contributed by atoms with Gasteiger partial charge in [-0.15, -0.1) is 0 Å². The summed E-state index contributed by atoms with van der Waals surface area (Å²) in [5.74, 6) is 0.325. The van der Waals surface area contributed by atoms with Crippen molar-refractivity contribution in [3.8, 4) is 17.2 Å². The lowest BCUT2D eigenvalue weighted by atomic mass is 9.97. The number of esters is 2. The van der Waals surface area contributed by atoms with Gasteiger partial charge in [0.25, 0.3) is 5.91 Å². The summed E-state index contributed by atoms with van der Waals surface area (Å²) in [7, 11) is 5.92. The molecular formula is C21H29NO8. The molecule has 1 fully saturated rings. The summed E-state index contributed by atoms with van der Waals surface area (Å²) >= 11 is 0. The molecule has 1 aromatic rings. The third-order valence-electron chi connectivity index (χ3n) is 5.08. The summed E-state index contributed by atoms with van der Waals surface area (Å²) in [6.45, 7) is 0.583. The molecule has 2 rings (SSSR count). The minimum Gasteiger partial charge on any atom is -0.493 e. The van der Waals surface area contributed by atoms with E-state index in [1.54, 1.807) is 17.0 Å². The number of amides is 1. The molecule has 30 heavy (non-hydrogen) atoms. The van der Waals surface area contributed by atoms with Crippen LogP contribution < -0.4 is 14.2 Å². The van der Waals surface area contributed by atoms with Crippen molar-refractivity contribution < 1.29 is 38.1 Å². The Hall–Kier alpha value is -2.97. The molecule has 166 valence electrons. The van der Waals surface area contributed by atoms with Gasteiger partial charge in [-0.05, 0) is 37.0 Å². The second-order valence-corrected chi connectivity index (χ2v) is 6.87. The standard InChI is InChI=1S/C21H29NO8/c1-26-16-11-14(12-17(27-2)20(16)28-3)5-6-19(24)30-13-18(23)22-9-7-15(8-10-22)21(25)29-4/h11-12,15H,5-10,13H2,1-4H3. The first-order valence-electron chi connectivity index (χ1n) is 9.73. The first-order chi connectivity index (χ1) is 14.4. The van der Waals surface area contributed by atoms with Crippen molar-refractivity contribution in [2.45, 2.75) is 25.7 Å². The van der Waals surface area contributed by atoms with Crippen LogP contribution >= 0.6 is 0 Å². The van der Waals surface area contributed by atoms with E-state index in [1.165, 1.54) is 28.4 Å². The van der Waals surface area contributed by atoms with Crippen molar-refractivity contribution in [2.75, 3.05) is 48.1 Å². The molecule has 1 aromatic carbocycles. The number of rotatable bonds is 9. The van der Waals surface area contributed by atoms with Crippen molar-refractivity contribution in [3.63, 3.8) is 0 Å². The summed E-state index contributed by atoms with van der Waals surface area (Å²) in [6.07, 6.45) is 1.60. The number of aryl methyl sites for hydroxylation is 1. The molecule has 0 saturated carbocycles. The number of piperidine rings is 1. The van der Waals surface area contributed by atoms with Crippen molar-refractivity contribution in [3.05, 3.63) is 17.7 Å². The molecule has 9 heteroatoms. The molecule has 0 N–H and O–H groups in total. The molecule has 0 spiro atoms. The second kappa shape index (κ2) is 11.3. The lowest BCUT2D eigenvalue weighted by Gasteiger charge is -2.30. The molecule has 1 aliphatic rings. The number of benzene rings is 1. The third kappa shape index (κ3) is 6.01. The highest BCUT2D eigenvalue weighted by Gasteiger charge is 2.28. The maximum absolute atomic E-state index is 12.2. The number of carbonyl (C=O) groups excluding carboxylic acids is 3. The average Bonchev–Trinajstić information content (AvgIpc) is 2.79. The highest BCUT2D eigenvalue weighted by molar-refractivity contribution is 5.81. The van der Waals surface area contributed by atoms with Gasteiger partial charge in [-0.2, -0.15) is 0 Å². The highest BCUT2D eigenvalue weighted by atomic mass is 16.5. The lowest BCUT2D eigenvalue weighted by Crippen LogP contribution is -2.42. The molecule has 0 aliphatic carbocycles. The average molecular weight is 423 g/mol. The van der Waals surface area contributed by atoms with Gasteiger partial charge in [-0.25, -0.2) is 0 Å². The van der Waals surface area contributed by atoms with Crippen LogP contribution in [0.1, 0.15) is 24.8 Å². The molecule has 0 atom stereocenters. The van der Waals surface area contributed by atoms with E-state index in [-0.39, 0.29) is 30.8 Å². The van der Waals surface area contributed by atoms with Gasteiger partial charge in [0.15, 0.2) is 18.1 Å². The number of carbonyl (C=O) groups is 3. The molecule has 0 bridgehead atoms. The zero-order valence-electron chi connectivity index (χ0n) is 17.9. The van der Waals surface area contributed by atoms with Crippen LogP contribution in [0.15, 0.2) is 12.1 Å². The Morgan fingerprint density at radius 2 is 1.57 bits per heavy atom. The highest BCUT2D eigenvalue weighted by Crippen LogP contribution is 2.38. The molecule has 1 amide bonds. The number of hydrogen-bond acceptors (Lipinski definition) is 8. The Kier molecular flexibility index (Phi) is 8.76. The number of likely N-dealkylation sites (tertiary alicyclic amines) is 1. The fourth-order valence-corrected chi connectivity index (χ4v) is 3.36. The normalized spacial score (nSPS) is 14.1. The summed E-state index contributed by atoms with van der Waals surface area (Å²) in [5, 5.41) is 0. The largest absolute Gasteiger partial charge is 0.493 e. The summed E-state index contributed by atoms with van der Waals surface area (Å²) < 4.78 is 25.7. The van der Waals surface area contributed by atoms with Gasteiger partial charge in [-0.3, -0.25) is 14.4 Å². The monoisotopic (exact) mass is 423 g/mol. The van der Waals surface area contributed by atoms with Crippen LogP contribution in [0.2, 0.25) is 0 Å². The van der Waals surface area contributed by atoms with Gasteiger partial charge in [-0.1, -0.05) is 0 Å². The van der Waals surface area contributed by atoms with E-state index in [1.807, 2.05) is 0 Å². The van der Waals surface area contributed by atoms with E-state index < -0.39 is 5.97 Å². The minimum atomic E-state index is -0.471. The van der Waals surface area contributed by atoms with Crippen molar-refractivity contribution in [2.24, 2.45) is 5.92 Å². The van der Waals surface area contributed by atoms with E-state index in [4.69, 9.17) is 23.7 Å². The summed E-state index contributed by atoms with van der Waals surface area (Å²) in [4.78, 5) is 37.5. The number of methoxy groups -OCH3 is 4. The Balaban J connectivity index is 1.80. The molecular weight excluding hydrogens is 394 g/mol. The van der Waals surface area contributed by atoms with Gasteiger partial charge >= 0.3 is 11.9 Å². The number of nitrogens with zero attached hydrogens (tertiary/aromatic N) is 1. The van der Waals surface area contributed by atoms with Gasteiger partial charge in [0.1, 0.15) is 0 Å². The fraction of sp³-hybridized carbons (Fsp3) is 0.571. The second-order valence-electron chi connectivity index (χ2n) is 6.87. The number of ether oxygens (including phenoxy) is 5. The zero-order chi connectivity index (χ0) is 22.1. The van der Waals surface area contributed by atoms with Gasteiger partial charge in [0, 0.05) is 19.5 Å². The fourth-order valence-electron chi connectivity index (χ4n) is 3.36. The summed E-state index contributed by atoms with van der Waals surface area (Å²) in [6, 6.07) is 3.54. The minimum absolute atomic E-state index is 0.107. The van der Waals surface area contributed by atoms with E-state index in [9.17, 15) is 14.4 Å². The first kappa shape index (κ1) is 23.3. The van der Waals surface area contributed by atoms with Gasteiger partial charge < -0.3 is 28.6 Å². The van der Waals surface area contributed by atoms with Gasteiger partial charge in [0.2, 0.25) is 5.75 Å². The smallest absolute Gasteiger partial charge is 0.308 e. The quantitative estimate of drug-likeness (QED) is 0.552. The van der Waals surface area contributed by atoms with E-state index in [2.05, 4.69) is 0 Å². The first-order valence-corrected chi connectivity index (χ1v) is 9.73. The van der Waals surface area contributed by atoms with Crippen LogP contribution in [0.3, 0.4) is 0 Å². The Morgan fingerprint density at radius 3 is 2.07 bits per heavy atom. The topological polar surface area (TPSA) is 101 Å². The van der Waals surface area contributed by atoms with Crippen LogP contribution in [-0.4, -0.2) is 70.9 Å². The maximum atomic E-state index is 12.2. The molecule has 0 radical (unpaired) electrons. The van der Waals surface area contributed by atoms with E-state index in [0.717, 1.165) is 5.56 Å². The van der Waals surface area contributed by atoms with Crippen LogP contribution in [0, 0.1) is 5.92 Å². The Morgan fingerprint density at radius 1 is 0.967 bits per heavy atom. The predicted molar refractivity (Wildman–Crippen MR) is 107 cm³/mol. The SMILES string of the molecule is COC(=O)C1CCN(C(=O)COC(=O)CCc2cc(OC)c(OC)c(OC)c2)CC1. The van der Waals surface area contributed by atoms with Crippen LogP contribution in [0.4, 0.5) is 0 Å². The molecule has 0 aromatic heterocycles. The van der Waals surface area contributed by atoms with Crippen molar-refractivity contribution in [1.82, 2.24) is 4.90 Å². The Labute approximate surface area is 176 Å². The van der Waals surface area contributed by atoms with Crippen LogP contribution in [0.5, 0.6) is 17.2 Å². The molecule has 9 nitrogen and oxygen atoms in total. The third-order valence-corrected chi connectivity index (χ3v) is 5.08. The van der Waals surface area contributed by atoms with Crippen LogP contribution in [0.25, 0.3) is 0 Å². The van der Waals surface area contributed by atoms with Crippen LogP contribution in [-0.2, 0) is 30.3 Å². The van der Waals surface area contributed by atoms with Gasteiger partial charge in [0.05, 0.1) is 34.4 Å². The van der Waals surface area contributed by atoms with Crippen molar-refractivity contribution >= 4 is 17.8 Å². The zero-order valence-corrected chi connectivity index (χ0v) is 17.9. The molecule has 1 saturated heterocycles. The maximum Gasteiger partial charge on any atom is 0.308 e. The predicted octanol–water partition coefficient (Wildman–Crippen LogP) is 1.60. The Bertz CT molecular complexity index is 730. The lowest BCUT2D eigenvalue weighted by molar-refractivity contribution is -0.154. The van der Waals surface area contributed by atoms with E-state index in [0.29, 0.717) is 49.6 Å². The number of hydrogen-bond donors (Lipinski definition) is 0. The van der Waals surface area contributed by atoms with Crippen molar-refractivity contribution in [1.29, 1.82) is 0 Å². The molecule has 0 unspecified atom stereocenters.